The molecule has 6 unspecified atom stereocenters. The number of aliphatic hydroxyl groups excluding tert-OH is 2. The summed E-state index contributed by atoms with van der Waals surface area (Å²) in [6.07, 6.45) is 24.2. The summed E-state index contributed by atoms with van der Waals surface area (Å²) in [6.45, 7) is 24.7. The fourth-order valence-corrected chi connectivity index (χ4v) is 8.95. The zero-order valence-corrected chi connectivity index (χ0v) is 47.5. The summed E-state index contributed by atoms with van der Waals surface area (Å²) in [5.41, 5.74) is 13.0. The Morgan fingerprint density at radius 3 is 1.69 bits per heavy atom. The van der Waals surface area contributed by atoms with Crippen LogP contribution >= 0.6 is 0 Å². The van der Waals surface area contributed by atoms with Gasteiger partial charge in [-0.2, -0.15) is 0 Å². The van der Waals surface area contributed by atoms with Crippen molar-refractivity contribution in [3.63, 3.8) is 0 Å². The summed E-state index contributed by atoms with van der Waals surface area (Å²) < 4.78 is 23.3. The van der Waals surface area contributed by atoms with Gasteiger partial charge in [-0.05, 0) is 95.4 Å². The van der Waals surface area contributed by atoms with Crippen molar-refractivity contribution < 1.29 is 57.9 Å². The van der Waals surface area contributed by atoms with E-state index in [0.29, 0.717) is 35.2 Å². The van der Waals surface area contributed by atoms with E-state index in [4.69, 9.17) is 24.7 Å². The minimum Gasteiger partial charge on any atom is -0.463 e. The number of nitrogens with zero attached hydrogens (tertiary/aromatic N) is 4. The van der Waals surface area contributed by atoms with Crippen LogP contribution in [0.1, 0.15) is 135 Å². The topological polar surface area (TPSA) is 249 Å². The standard InChI is InChI=1S/C36H45N5O8.C25H34O4/c1-7-8-10-21(2)11-9-12-22(3)13-14-24-23(4)30(44)25(17-36(24,5)6)48-28(43)16-15-27(42)47-18-26-31(45)32(46)35(49-26)41-20-40-29-33(37)38-19-39-34(29)41;1-8-17(2)10-9-11-18(3)12-14-21-20(5)24(28)22(16-25(21,6)7)29-23(27)15-13-19(4)26/h7-14,19-20,25-26,31-32,35,45-46H,15-18H2,1-6H3,(H2,37,38,39);8-12,14,22H,13,15-16H2,1-7H3/b8-7+,11-9+,14-13+,21-10+,22-12+;10-9+,14-12+,17-8+,18-11+. The number of ketones is 3. The van der Waals surface area contributed by atoms with Crippen molar-refractivity contribution in [2.24, 2.45) is 10.8 Å². The summed E-state index contributed by atoms with van der Waals surface area (Å²) >= 11 is 0. The Hall–Kier alpha value is -7.21. The zero-order chi connectivity index (χ0) is 58.1. The van der Waals surface area contributed by atoms with E-state index in [1.807, 2.05) is 154 Å². The van der Waals surface area contributed by atoms with Gasteiger partial charge in [0.2, 0.25) is 0 Å². The number of carbonyl (C=O) groups excluding carboxylic acids is 6. The first-order valence-corrected chi connectivity index (χ1v) is 26.2. The van der Waals surface area contributed by atoms with Crippen LogP contribution in [0.3, 0.4) is 0 Å². The van der Waals surface area contributed by atoms with Crippen molar-refractivity contribution in [1.82, 2.24) is 19.5 Å². The number of anilines is 1. The van der Waals surface area contributed by atoms with E-state index in [0.717, 1.165) is 27.9 Å². The van der Waals surface area contributed by atoms with Crippen LogP contribution in [0, 0.1) is 10.8 Å². The number of allylic oxidation sites excluding steroid dienone is 20. The fraction of sp³-hybridized carbons (Fsp3) is 0.459. The van der Waals surface area contributed by atoms with E-state index in [2.05, 4.69) is 15.0 Å². The maximum atomic E-state index is 13.2. The third kappa shape index (κ3) is 17.9. The van der Waals surface area contributed by atoms with Gasteiger partial charge in [0.15, 0.2) is 41.5 Å². The van der Waals surface area contributed by atoms with Gasteiger partial charge in [0, 0.05) is 19.3 Å². The molecule has 17 nitrogen and oxygen atoms in total. The van der Waals surface area contributed by atoms with Crippen LogP contribution in [0.5, 0.6) is 0 Å². The van der Waals surface area contributed by atoms with Gasteiger partial charge >= 0.3 is 17.9 Å². The molecule has 0 bridgehead atoms. The van der Waals surface area contributed by atoms with Gasteiger partial charge in [0.25, 0.3) is 0 Å². The Labute approximate surface area is 458 Å². The molecule has 17 heteroatoms. The van der Waals surface area contributed by atoms with Gasteiger partial charge < -0.3 is 39.7 Å². The molecule has 3 aliphatic rings. The average molecular weight is 1070 g/mol. The smallest absolute Gasteiger partial charge is 0.307 e. The van der Waals surface area contributed by atoms with E-state index in [1.165, 1.54) is 29.7 Å². The van der Waals surface area contributed by atoms with E-state index >= 15 is 0 Å². The molecule has 0 radical (unpaired) electrons. The molecule has 5 rings (SSSR count). The number of rotatable bonds is 20. The van der Waals surface area contributed by atoms with E-state index in [-0.39, 0.29) is 60.9 Å². The molecule has 1 fully saturated rings. The highest BCUT2D eigenvalue weighted by Gasteiger charge is 2.45. The van der Waals surface area contributed by atoms with Crippen LogP contribution < -0.4 is 5.73 Å². The molecule has 1 saturated heterocycles. The molecule has 0 saturated carbocycles. The number of aromatic nitrogens is 4. The third-order valence-corrected chi connectivity index (χ3v) is 13.6. The molecule has 2 aromatic rings. The van der Waals surface area contributed by atoms with Crippen LogP contribution in [-0.2, 0) is 47.7 Å². The lowest BCUT2D eigenvalue weighted by molar-refractivity contribution is -0.159. The number of hydrogen-bond acceptors (Lipinski definition) is 16. The molecule has 420 valence electrons. The summed E-state index contributed by atoms with van der Waals surface area (Å²) in [5.74, 6) is -2.30. The molecule has 0 spiro atoms. The van der Waals surface area contributed by atoms with Gasteiger partial charge in [0.05, 0.1) is 25.6 Å². The summed E-state index contributed by atoms with van der Waals surface area (Å²) in [6, 6.07) is 0. The van der Waals surface area contributed by atoms with Crippen molar-refractivity contribution in [3.8, 4) is 0 Å². The number of Topliss-reactive ketones (excluding diaryl/α,β-unsaturated/α-hetero) is 3. The van der Waals surface area contributed by atoms with Gasteiger partial charge in [-0.25, -0.2) is 15.0 Å². The average Bonchev–Trinajstić information content (AvgIpc) is 3.99. The lowest BCUT2D eigenvalue weighted by Crippen LogP contribution is -2.39. The molecule has 78 heavy (non-hydrogen) atoms. The molecule has 2 aromatic heterocycles. The van der Waals surface area contributed by atoms with Crippen molar-refractivity contribution in [1.29, 1.82) is 0 Å². The molecule has 0 aromatic carbocycles. The van der Waals surface area contributed by atoms with Crippen molar-refractivity contribution in [3.05, 3.63) is 142 Å². The molecular formula is C61H79N5O12. The molecule has 0 amide bonds. The SMILES string of the molecule is C/C=C(C)/C=C/C=C(C)/C=C/C1=C(C)C(=O)C(OC(=O)CCC(C)=O)CC1(C)C.C/C=C/C=C(C)/C=C/C=C(C)/C=C/C1=C(C)C(=O)C(OC(=O)CCC(=O)OCC2OC(n3cnc4c(N)ncnc43)C(O)C2O)CC1(C)C. The Bertz CT molecular complexity index is 2920. The Balaban J connectivity index is 0.000000386. The predicted molar refractivity (Wildman–Crippen MR) is 300 cm³/mol. The van der Waals surface area contributed by atoms with Crippen LogP contribution in [0.2, 0.25) is 0 Å². The second kappa shape index (κ2) is 29.0. The number of ether oxygens (including phenoxy) is 4. The second-order valence-electron chi connectivity index (χ2n) is 21.1. The summed E-state index contributed by atoms with van der Waals surface area (Å²) in [4.78, 5) is 86.3. The molecule has 2 aliphatic carbocycles. The minimum atomic E-state index is -1.38. The largest absolute Gasteiger partial charge is 0.463 e. The number of nitrogens with two attached hydrogens (primary N) is 1. The van der Waals surface area contributed by atoms with Gasteiger partial charge in [-0.3, -0.25) is 28.5 Å². The van der Waals surface area contributed by atoms with Gasteiger partial charge in [-0.1, -0.05) is 135 Å². The maximum absolute atomic E-state index is 13.2. The van der Waals surface area contributed by atoms with Crippen molar-refractivity contribution >= 4 is 52.2 Å². The van der Waals surface area contributed by atoms with Gasteiger partial charge in [0.1, 0.15) is 42.5 Å². The van der Waals surface area contributed by atoms with E-state index < -0.39 is 60.1 Å². The quantitative estimate of drug-likeness (QED) is 0.0634. The number of carbonyl (C=O) groups is 6. The predicted octanol–water partition coefficient (Wildman–Crippen LogP) is 9.77. The van der Waals surface area contributed by atoms with Crippen LogP contribution in [0.25, 0.3) is 11.2 Å². The van der Waals surface area contributed by atoms with E-state index in [1.54, 1.807) is 13.8 Å². The summed E-state index contributed by atoms with van der Waals surface area (Å²) in [7, 11) is 0. The van der Waals surface area contributed by atoms with Crippen LogP contribution in [0.4, 0.5) is 5.82 Å². The van der Waals surface area contributed by atoms with Crippen molar-refractivity contribution in [2.45, 2.75) is 165 Å². The first-order valence-electron chi connectivity index (χ1n) is 26.2. The molecular weight excluding hydrogens is 995 g/mol. The monoisotopic (exact) mass is 1070 g/mol. The number of aliphatic hydroxyl groups is 2. The van der Waals surface area contributed by atoms with Gasteiger partial charge in [-0.15, -0.1) is 0 Å². The van der Waals surface area contributed by atoms with Crippen LogP contribution in [0.15, 0.2) is 142 Å². The zero-order valence-electron chi connectivity index (χ0n) is 47.5. The first-order chi connectivity index (χ1) is 36.7. The third-order valence-electron chi connectivity index (χ3n) is 13.6. The molecule has 1 aliphatic heterocycles. The number of imidazole rings is 1. The first kappa shape index (κ1) is 63.3. The molecule has 6 atom stereocenters. The maximum Gasteiger partial charge on any atom is 0.307 e. The van der Waals surface area contributed by atoms with E-state index in [9.17, 15) is 39.0 Å². The normalized spacial score (nSPS) is 23.4. The highest BCUT2D eigenvalue weighted by molar-refractivity contribution is 6.02. The van der Waals surface area contributed by atoms with Crippen molar-refractivity contribution in [2.75, 3.05) is 12.3 Å². The number of hydrogen-bond donors (Lipinski definition) is 3. The number of fused-ring (bicyclic) bond motifs is 1. The Kier molecular flexibility index (Phi) is 23.5. The Morgan fingerprint density at radius 1 is 0.692 bits per heavy atom. The molecule has 3 heterocycles. The molecule has 4 N–H and O–H groups in total. The Morgan fingerprint density at radius 2 is 1.18 bits per heavy atom. The highest BCUT2D eigenvalue weighted by atomic mass is 16.6. The lowest BCUT2D eigenvalue weighted by atomic mass is 9.71. The number of nitrogen functional groups attached to an aromatic ring is 1. The second-order valence-corrected chi connectivity index (χ2v) is 21.1. The van der Waals surface area contributed by atoms with Crippen LogP contribution in [-0.4, -0.2) is 102 Å². The lowest BCUT2D eigenvalue weighted by Gasteiger charge is -2.36. The highest BCUT2D eigenvalue weighted by Crippen LogP contribution is 2.42. The summed E-state index contributed by atoms with van der Waals surface area (Å²) in [5, 5.41) is 21.1. The minimum absolute atomic E-state index is 0.0132. The number of esters is 3. The fourth-order valence-electron chi connectivity index (χ4n) is 8.95.